The Hall–Kier alpha value is -1.97. The lowest BCUT2D eigenvalue weighted by Gasteiger charge is -2.11. The summed E-state index contributed by atoms with van der Waals surface area (Å²) in [5.74, 6) is 0. The molecule has 0 amide bonds. The standard InChI is InChI=1S/C13H15N3O5S/c17-12-13(18)16-11-6-9(3-4-10(11)15-12)22(19,20)14-7-8-2-1-5-21-8/h3-4,6,8,14H,1-2,5,7H2,(H,15,17)(H,16,18)/t8-/m0/s1. The molecule has 1 aromatic heterocycles. The molecule has 1 aliphatic rings. The topological polar surface area (TPSA) is 121 Å². The van der Waals surface area contributed by atoms with E-state index >= 15 is 0 Å². The molecule has 0 aliphatic carbocycles. The summed E-state index contributed by atoms with van der Waals surface area (Å²) < 4.78 is 32.4. The molecule has 9 heteroatoms. The highest BCUT2D eigenvalue weighted by molar-refractivity contribution is 7.89. The van der Waals surface area contributed by atoms with Gasteiger partial charge in [0.05, 0.1) is 22.0 Å². The third-order valence-electron chi connectivity index (χ3n) is 3.53. The summed E-state index contributed by atoms with van der Waals surface area (Å²) in [7, 11) is -3.71. The molecular weight excluding hydrogens is 310 g/mol. The highest BCUT2D eigenvalue weighted by atomic mass is 32.2. The molecule has 2 heterocycles. The number of nitrogens with one attached hydrogen (secondary N) is 3. The maximum absolute atomic E-state index is 12.3. The Labute approximate surface area is 125 Å². The molecule has 0 saturated carbocycles. The highest BCUT2D eigenvalue weighted by Crippen LogP contribution is 2.16. The predicted octanol–water partition coefficient (Wildman–Crippen LogP) is -0.326. The minimum absolute atomic E-state index is 0.0145. The first kappa shape index (κ1) is 14.9. The van der Waals surface area contributed by atoms with Gasteiger partial charge in [0, 0.05) is 13.2 Å². The Morgan fingerprint density at radius 3 is 2.59 bits per heavy atom. The van der Waals surface area contributed by atoms with Crippen molar-refractivity contribution in [1.29, 1.82) is 0 Å². The van der Waals surface area contributed by atoms with E-state index in [2.05, 4.69) is 14.7 Å². The third kappa shape index (κ3) is 2.96. The summed E-state index contributed by atoms with van der Waals surface area (Å²) in [6.45, 7) is 0.861. The van der Waals surface area contributed by atoms with Gasteiger partial charge in [-0.05, 0) is 31.0 Å². The number of rotatable bonds is 4. The summed E-state index contributed by atoms with van der Waals surface area (Å²) in [5.41, 5.74) is -0.985. The fourth-order valence-corrected chi connectivity index (χ4v) is 3.44. The smallest absolute Gasteiger partial charge is 0.314 e. The van der Waals surface area contributed by atoms with E-state index in [4.69, 9.17) is 4.74 Å². The molecule has 1 saturated heterocycles. The monoisotopic (exact) mass is 325 g/mol. The van der Waals surface area contributed by atoms with Crippen molar-refractivity contribution in [2.75, 3.05) is 13.2 Å². The first-order valence-electron chi connectivity index (χ1n) is 6.83. The van der Waals surface area contributed by atoms with Crippen molar-refractivity contribution in [3.8, 4) is 0 Å². The second-order valence-electron chi connectivity index (χ2n) is 5.10. The maximum atomic E-state index is 12.3. The molecule has 1 aromatic carbocycles. The average Bonchev–Trinajstić information content (AvgIpc) is 2.99. The average molecular weight is 325 g/mol. The van der Waals surface area contributed by atoms with Gasteiger partial charge >= 0.3 is 11.1 Å². The maximum Gasteiger partial charge on any atom is 0.314 e. The van der Waals surface area contributed by atoms with Crippen molar-refractivity contribution in [1.82, 2.24) is 14.7 Å². The first-order valence-corrected chi connectivity index (χ1v) is 8.32. The first-order chi connectivity index (χ1) is 10.5. The predicted molar refractivity (Wildman–Crippen MR) is 79.4 cm³/mol. The van der Waals surface area contributed by atoms with E-state index in [0.717, 1.165) is 12.8 Å². The molecule has 3 N–H and O–H groups in total. The van der Waals surface area contributed by atoms with Crippen LogP contribution in [-0.4, -0.2) is 37.6 Å². The van der Waals surface area contributed by atoms with E-state index in [1.54, 1.807) is 0 Å². The molecule has 2 aromatic rings. The van der Waals surface area contributed by atoms with Crippen molar-refractivity contribution in [3.63, 3.8) is 0 Å². The number of sulfonamides is 1. The Morgan fingerprint density at radius 1 is 1.18 bits per heavy atom. The zero-order valence-electron chi connectivity index (χ0n) is 11.6. The zero-order chi connectivity index (χ0) is 15.7. The van der Waals surface area contributed by atoms with Crippen LogP contribution in [-0.2, 0) is 14.8 Å². The molecule has 8 nitrogen and oxygen atoms in total. The van der Waals surface area contributed by atoms with Crippen LogP contribution >= 0.6 is 0 Å². The Balaban J connectivity index is 1.89. The van der Waals surface area contributed by atoms with Crippen LogP contribution in [0, 0.1) is 0 Å². The van der Waals surface area contributed by atoms with E-state index in [1.165, 1.54) is 18.2 Å². The number of benzene rings is 1. The third-order valence-corrected chi connectivity index (χ3v) is 4.95. The van der Waals surface area contributed by atoms with Gasteiger partial charge in [-0.25, -0.2) is 13.1 Å². The van der Waals surface area contributed by atoms with E-state index in [-0.39, 0.29) is 23.1 Å². The summed E-state index contributed by atoms with van der Waals surface area (Å²) >= 11 is 0. The number of H-pyrrole nitrogens is 2. The van der Waals surface area contributed by atoms with Gasteiger partial charge in [0.25, 0.3) is 0 Å². The van der Waals surface area contributed by atoms with Crippen LogP contribution in [0.25, 0.3) is 11.0 Å². The molecule has 0 spiro atoms. The van der Waals surface area contributed by atoms with Gasteiger partial charge in [0.1, 0.15) is 0 Å². The Morgan fingerprint density at radius 2 is 1.91 bits per heavy atom. The summed E-state index contributed by atoms with van der Waals surface area (Å²) in [6, 6.07) is 4.12. The summed E-state index contributed by atoms with van der Waals surface area (Å²) in [4.78, 5) is 27.3. The van der Waals surface area contributed by atoms with Crippen LogP contribution in [0.1, 0.15) is 12.8 Å². The van der Waals surface area contributed by atoms with Crippen molar-refractivity contribution in [2.24, 2.45) is 0 Å². The number of hydrogen-bond donors (Lipinski definition) is 3. The minimum Gasteiger partial charge on any atom is -0.377 e. The van der Waals surface area contributed by atoms with Crippen molar-refractivity contribution in [3.05, 3.63) is 38.9 Å². The summed E-state index contributed by atoms with van der Waals surface area (Å²) in [6.07, 6.45) is 1.65. The molecule has 0 unspecified atom stereocenters. The lowest BCUT2D eigenvalue weighted by molar-refractivity contribution is 0.114. The molecule has 0 bridgehead atoms. The van der Waals surface area contributed by atoms with Gasteiger partial charge in [-0.3, -0.25) is 9.59 Å². The molecule has 0 radical (unpaired) electrons. The van der Waals surface area contributed by atoms with Crippen molar-refractivity contribution < 1.29 is 13.2 Å². The van der Waals surface area contributed by atoms with E-state index in [1.807, 2.05) is 0 Å². The van der Waals surface area contributed by atoms with Gasteiger partial charge in [-0.15, -0.1) is 0 Å². The second kappa shape index (κ2) is 5.67. The SMILES string of the molecule is O=c1[nH]c2ccc(S(=O)(=O)NC[C@@H]3CCCO3)cc2[nH]c1=O. The van der Waals surface area contributed by atoms with E-state index < -0.39 is 21.1 Å². The van der Waals surface area contributed by atoms with Crippen molar-refractivity contribution in [2.45, 2.75) is 23.8 Å². The van der Waals surface area contributed by atoms with Gasteiger partial charge in [0.2, 0.25) is 10.0 Å². The lowest BCUT2D eigenvalue weighted by atomic mass is 10.2. The quantitative estimate of drug-likeness (QED) is 0.665. The van der Waals surface area contributed by atoms with Crippen LogP contribution in [0.3, 0.4) is 0 Å². The number of aromatic nitrogens is 2. The lowest BCUT2D eigenvalue weighted by Crippen LogP contribution is -2.32. The Bertz CT molecular complexity index is 909. The highest BCUT2D eigenvalue weighted by Gasteiger charge is 2.20. The van der Waals surface area contributed by atoms with Gasteiger partial charge in [-0.2, -0.15) is 0 Å². The molecule has 118 valence electrons. The number of ether oxygens (including phenoxy) is 1. The number of aromatic amines is 2. The van der Waals surface area contributed by atoms with E-state index in [9.17, 15) is 18.0 Å². The number of fused-ring (bicyclic) bond motifs is 1. The minimum atomic E-state index is -3.71. The van der Waals surface area contributed by atoms with Gasteiger partial charge in [0.15, 0.2) is 0 Å². The van der Waals surface area contributed by atoms with Crippen LogP contribution in [0.15, 0.2) is 32.7 Å². The fourth-order valence-electron chi connectivity index (χ4n) is 2.35. The second-order valence-corrected chi connectivity index (χ2v) is 6.87. The van der Waals surface area contributed by atoms with Gasteiger partial charge < -0.3 is 14.7 Å². The largest absolute Gasteiger partial charge is 0.377 e. The molecule has 3 rings (SSSR count). The Kier molecular flexibility index (Phi) is 3.85. The fraction of sp³-hybridized carbons (Fsp3) is 0.385. The normalized spacial score (nSPS) is 18.8. The number of hydrogen-bond acceptors (Lipinski definition) is 5. The molecular formula is C13H15N3O5S. The van der Waals surface area contributed by atoms with Crippen LogP contribution in [0.2, 0.25) is 0 Å². The van der Waals surface area contributed by atoms with Crippen LogP contribution < -0.4 is 15.8 Å². The summed E-state index contributed by atoms with van der Waals surface area (Å²) in [5, 5.41) is 0. The van der Waals surface area contributed by atoms with E-state index in [0.29, 0.717) is 12.1 Å². The molecule has 22 heavy (non-hydrogen) atoms. The van der Waals surface area contributed by atoms with Crippen LogP contribution in [0.5, 0.6) is 0 Å². The zero-order valence-corrected chi connectivity index (χ0v) is 12.4. The molecule has 1 fully saturated rings. The van der Waals surface area contributed by atoms with Gasteiger partial charge in [-0.1, -0.05) is 0 Å². The van der Waals surface area contributed by atoms with Crippen molar-refractivity contribution >= 4 is 21.1 Å². The molecule has 1 aliphatic heterocycles. The molecule has 1 atom stereocenters. The van der Waals surface area contributed by atoms with Crippen LogP contribution in [0.4, 0.5) is 0 Å².